The van der Waals surface area contributed by atoms with Gasteiger partial charge >= 0.3 is 11.9 Å². The molecule has 1 fully saturated rings. The van der Waals surface area contributed by atoms with E-state index in [1.54, 1.807) is 24.3 Å². The summed E-state index contributed by atoms with van der Waals surface area (Å²) in [5, 5.41) is 0. The van der Waals surface area contributed by atoms with Crippen LogP contribution in [0, 0.1) is 6.92 Å². The number of hydrogen-bond acceptors (Lipinski definition) is 2. The van der Waals surface area contributed by atoms with Crippen molar-refractivity contribution in [3.8, 4) is 0 Å². The van der Waals surface area contributed by atoms with Gasteiger partial charge in [0.2, 0.25) is 5.60 Å². The largest absolute Gasteiger partial charge is 0.443 e. The van der Waals surface area contributed by atoms with Crippen LogP contribution in [0.15, 0.2) is 24.3 Å². The monoisotopic (exact) mass is 212 g/mol. The molecule has 80 valence electrons. The third kappa shape index (κ3) is 1.17. The fourth-order valence-corrected chi connectivity index (χ4v) is 1.57. The summed E-state index contributed by atoms with van der Waals surface area (Å²) in [6.07, 6.45) is 0. The first-order valence-corrected chi connectivity index (χ1v) is 4.56. The first-order chi connectivity index (χ1) is 6.88. The molecule has 1 aromatic carbocycles. The summed E-state index contributed by atoms with van der Waals surface area (Å²) in [4.78, 5) is 10.6. The van der Waals surface area contributed by atoms with E-state index in [1.807, 2.05) is 6.92 Å². The molecule has 2 nitrogen and oxygen atoms in total. The van der Waals surface area contributed by atoms with Gasteiger partial charge in [0, 0.05) is 5.56 Å². The maximum Gasteiger partial charge on any atom is 0.385 e. The minimum atomic E-state index is -3.43. The summed E-state index contributed by atoms with van der Waals surface area (Å²) in [7, 11) is 0. The number of cyclic esters (lactones) is 1. The van der Waals surface area contributed by atoms with Crippen LogP contribution in [-0.2, 0) is 15.1 Å². The van der Waals surface area contributed by atoms with E-state index in [2.05, 4.69) is 4.74 Å². The van der Waals surface area contributed by atoms with Crippen LogP contribution in [-0.4, -0.2) is 11.9 Å². The highest BCUT2D eigenvalue weighted by Gasteiger charge is 2.70. The van der Waals surface area contributed by atoms with Crippen molar-refractivity contribution in [1.29, 1.82) is 0 Å². The Kier molecular flexibility index (Phi) is 1.87. The molecule has 0 aromatic heterocycles. The molecule has 4 heteroatoms. The molecule has 1 unspecified atom stereocenters. The van der Waals surface area contributed by atoms with Crippen molar-refractivity contribution in [3.05, 3.63) is 35.4 Å². The van der Waals surface area contributed by atoms with Gasteiger partial charge in [0.1, 0.15) is 0 Å². The number of ether oxygens (including phenoxy) is 1. The third-order valence-electron chi connectivity index (χ3n) is 2.75. The van der Waals surface area contributed by atoms with Crippen LogP contribution < -0.4 is 0 Å². The average molecular weight is 212 g/mol. The van der Waals surface area contributed by atoms with E-state index in [9.17, 15) is 13.6 Å². The van der Waals surface area contributed by atoms with Gasteiger partial charge in [0.25, 0.3) is 0 Å². The number of aryl methyl sites for hydroxylation is 1. The molecular weight excluding hydrogens is 202 g/mol. The molecule has 0 amide bonds. The van der Waals surface area contributed by atoms with Crippen molar-refractivity contribution in [2.24, 2.45) is 0 Å². The molecule has 1 aliphatic rings. The molecule has 1 aromatic rings. The molecule has 2 rings (SSSR count). The van der Waals surface area contributed by atoms with E-state index >= 15 is 0 Å². The number of rotatable bonds is 1. The van der Waals surface area contributed by atoms with Gasteiger partial charge in [0.15, 0.2) is 0 Å². The average Bonchev–Trinajstić information content (AvgIpc) is 2.18. The second-order valence-electron chi connectivity index (χ2n) is 3.86. The predicted octanol–water partition coefficient (Wildman–Crippen LogP) is 2.40. The highest BCUT2D eigenvalue weighted by molar-refractivity contribution is 5.86. The Morgan fingerprint density at radius 3 is 2.13 bits per heavy atom. The zero-order valence-electron chi connectivity index (χ0n) is 8.38. The molecule has 15 heavy (non-hydrogen) atoms. The van der Waals surface area contributed by atoms with Crippen LogP contribution in [0.5, 0.6) is 0 Å². The molecule has 1 saturated heterocycles. The van der Waals surface area contributed by atoms with E-state index in [0.717, 1.165) is 5.56 Å². The van der Waals surface area contributed by atoms with Gasteiger partial charge in [-0.05, 0) is 13.8 Å². The minimum absolute atomic E-state index is 0.317. The van der Waals surface area contributed by atoms with Crippen molar-refractivity contribution in [3.63, 3.8) is 0 Å². The van der Waals surface area contributed by atoms with Crippen molar-refractivity contribution in [2.45, 2.75) is 25.4 Å². The van der Waals surface area contributed by atoms with Crippen molar-refractivity contribution in [2.75, 3.05) is 0 Å². The number of esters is 1. The minimum Gasteiger partial charge on any atom is -0.443 e. The quantitative estimate of drug-likeness (QED) is 0.668. The Labute approximate surface area is 85.9 Å². The number of benzene rings is 1. The lowest BCUT2D eigenvalue weighted by atomic mass is 9.84. The van der Waals surface area contributed by atoms with Crippen LogP contribution >= 0.6 is 0 Å². The lowest BCUT2D eigenvalue weighted by molar-refractivity contribution is -0.285. The van der Waals surface area contributed by atoms with Crippen LogP contribution in [0.25, 0.3) is 0 Å². The number of halogens is 2. The smallest absolute Gasteiger partial charge is 0.385 e. The topological polar surface area (TPSA) is 26.3 Å². The zero-order chi connectivity index (χ0) is 11.3. The van der Waals surface area contributed by atoms with E-state index in [0.29, 0.717) is 5.56 Å². The zero-order valence-corrected chi connectivity index (χ0v) is 8.38. The maximum absolute atomic E-state index is 13.3. The SMILES string of the molecule is Cc1ccc(C2(C)OC(=O)C2(F)F)cc1. The maximum atomic E-state index is 13.3. The Balaban J connectivity index is 2.40. The van der Waals surface area contributed by atoms with Crippen LogP contribution in [0.1, 0.15) is 18.1 Å². The molecule has 1 aliphatic heterocycles. The molecule has 0 aliphatic carbocycles. The summed E-state index contributed by atoms with van der Waals surface area (Å²) in [6, 6.07) is 6.52. The van der Waals surface area contributed by atoms with E-state index in [4.69, 9.17) is 0 Å². The molecule has 0 bridgehead atoms. The fraction of sp³-hybridized carbons (Fsp3) is 0.364. The van der Waals surface area contributed by atoms with E-state index in [1.165, 1.54) is 6.92 Å². The van der Waals surface area contributed by atoms with Gasteiger partial charge in [-0.2, -0.15) is 8.78 Å². The predicted molar refractivity (Wildman–Crippen MR) is 49.6 cm³/mol. The second-order valence-corrected chi connectivity index (χ2v) is 3.86. The third-order valence-corrected chi connectivity index (χ3v) is 2.75. The molecule has 0 saturated carbocycles. The summed E-state index contributed by atoms with van der Waals surface area (Å²) < 4.78 is 31.2. The van der Waals surface area contributed by atoms with Gasteiger partial charge in [-0.25, -0.2) is 4.79 Å². The lowest BCUT2D eigenvalue weighted by Gasteiger charge is -2.44. The number of carbonyl (C=O) groups excluding carboxylic acids is 1. The Morgan fingerprint density at radius 2 is 1.73 bits per heavy atom. The van der Waals surface area contributed by atoms with Gasteiger partial charge < -0.3 is 4.74 Å². The second kappa shape index (κ2) is 2.78. The molecule has 1 heterocycles. The van der Waals surface area contributed by atoms with Gasteiger partial charge in [-0.1, -0.05) is 29.8 Å². The Bertz CT molecular complexity index is 411. The molecule has 0 spiro atoms. The van der Waals surface area contributed by atoms with Gasteiger partial charge in [-0.3, -0.25) is 0 Å². The van der Waals surface area contributed by atoms with E-state index < -0.39 is 17.5 Å². The molecule has 0 radical (unpaired) electrons. The number of alkyl halides is 2. The Morgan fingerprint density at radius 1 is 1.20 bits per heavy atom. The molecular formula is C11H10F2O2. The number of hydrogen-bond donors (Lipinski definition) is 0. The highest BCUT2D eigenvalue weighted by Crippen LogP contribution is 2.50. The van der Waals surface area contributed by atoms with Gasteiger partial charge in [0.05, 0.1) is 0 Å². The van der Waals surface area contributed by atoms with E-state index in [-0.39, 0.29) is 0 Å². The summed E-state index contributed by atoms with van der Waals surface area (Å²) >= 11 is 0. The van der Waals surface area contributed by atoms with Crippen molar-refractivity contribution in [1.82, 2.24) is 0 Å². The van der Waals surface area contributed by atoms with Crippen LogP contribution in [0.3, 0.4) is 0 Å². The summed E-state index contributed by atoms with van der Waals surface area (Å²) in [6.45, 7) is 3.08. The first-order valence-electron chi connectivity index (χ1n) is 4.56. The fourth-order valence-electron chi connectivity index (χ4n) is 1.57. The first kappa shape index (κ1) is 10.1. The summed E-state index contributed by atoms with van der Waals surface area (Å²) in [5.41, 5.74) is -0.522. The van der Waals surface area contributed by atoms with Crippen molar-refractivity contribution < 1.29 is 18.3 Å². The molecule has 0 N–H and O–H groups in total. The van der Waals surface area contributed by atoms with Crippen LogP contribution in [0.2, 0.25) is 0 Å². The lowest BCUT2D eigenvalue weighted by Crippen LogP contribution is -2.63. The van der Waals surface area contributed by atoms with Gasteiger partial charge in [-0.15, -0.1) is 0 Å². The number of carbonyl (C=O) groups is 1. The highest BCUT2D eigenvalue weighted by atomic mass is 19.3. The van der Waals surface area contributed by atoms with Crippen LogP contribution in [0.4, 0.5) is 8.78 Å². The summed E-state index contributed by atoms with van der Waals surface area (Å²) in [5.74, 6) is -4.88. The normalized spacial score (nSPS) is 28.1. The Hall–Kier alpha value is -1.45. The molecule has 1 atom stereocenters. The standard InChI is InChI=1S/C11H10F2O2/c1-7-3-5-8(6-4-7)10(2)11(12,13)9(14)15-10/h3-6H,1-2H3. The van der Waals surface area contributed by atoms with Crippen molar-refractivity contribution >= 4 is 5.97 Å².